The van der Waals surface area contributed by atoms with Gasteiger partial charge in [0.15, 0.2) is 0 Å². The summed E-state index contributed by atoms with van der Waals surface area (Å²) < 4.78 is 5.12. The second-order valence-corrected chi connectivity index (χ2v) is 5.50. The van der Waals surface area contributed by atoms with Crippen molar-refractivity contribution >= 4 is 17.4 Å². The zero-order chi connectivity index (χ0) is 16.2. The van der Waals surface area contributed by atoms with Gasteiger partial charge in [0.2, 0.25) is 11.8 Å². The van der Waals surface area contributed by atoms with Crippen LogP contribution < -0.4 is 10.1 Å². The first-order valence-electron chi connectivity index (χ1n) is 7.67. The number of amides is 1. The van der Waals surface area contributed by atoms with E-state index in [1.54, 1.807) is 6.07 Å². The molecule has 0 saturated carbocycles. The first-order valence-corrected chi connectivity index (χ1v) is 7.67. The van der Waals surface area contributed by atoms with Gasteiger partial charge in [0, 0.05) is 17.3 Å². The third kappa shape index (κ3) is 3.39. The Balaban J connectivity index is 1.88. The molecule has 23 heavy (non-hydrogen) atoms. The molecule has 0 atom stereocenters. The maximum absolute atomic E-state index is 12.6. The molecule has 3 rings (SSSR count). The van der Waals surface area contributed by atoms with Crippen molar-refractivity contribution in [2.75, 3.05) is 12.4 Å². The zero-order valence-corrected chi connectivity index (χ0v) is 13.3. The SMILES string of the molecule is COc1cc(C)nc(NC(=O)c2ccccc2C2=CCCC2)n1. The molecule has 1 aliphatic carbocycles. The summed E-state index contributed by atoms with van der Waals surface area (Å²) in [4.78, 5) is 21.0. The van der Waals surface area contributed by atoms with Gasteiger partial charge in [-0.15, -0.1) is 0 Å². The fourth-order valence-corrected chi connectivity index (χ4v) is 2.75. The minimum absolute atomic E-state index is 0.207. The van der Waals surface area contributed by atoms with Gasteiger partial charge in [0.1, 0.15) is 0 Å². The Hall–Kier alpha value is -2.69. The number of nitrogens with zero attached hydrogens (tertiary/aromatic N) is 2. The molecular weight excluding hydrogens is 290 g/mol. The molecule has 1 amide bonds. The molecule has 1 heterocycles. The lowest BCUT2D eigenvalue weighted by atomic mass is 9.99. The number of methoxy groups -OCH3 is 1. The van der Waals surface area contributed by atoms with Crippen LogP contribution in [0.25, 0.3) is 5.57 Å². The molecule has 1 aliphatic rings. The number of carbonyl (C=O) groups excluding carboxylic acids is 1. The maximum Gasteiger partial charge on any atom is 0.258 e. The van der Waals surface area contributed by atoms with Crippen molar-refractivity contribution in [1.29, 1.82) is 0 Å². The smallest absolute Gasteiger partial charge is 0.258 e. The van der Waals surface area contributed by atoms with E-state index in [4.69, 9.17) is 4.74 Å². The molecule has 2 aromatic rings. The molecule has 118 valence electrons. The van der Waals surface area contributed by atoms with Crippen LogP contribution in [0.3, 0.4) is 0 Å². The van der Waals surface area contributed by atoms with Crippen molar-refractivity contribution in [2.45, 2.75) is 26.2 Å². The third-order valence-corrected chi connectivity index (χ3v) is 3.82. The van der Waals surface area contributed by atoms with E-state index < -0.39 is 0 Å². The number of hydrogen-bond acceptors (Lipinski definition) is 4. The lowest BCUT2D eigenvalue weighted by Gasteiger charge is -2.11. The molecule has 0 radical (unpaired) electrons. The second kappa shape index (κ2) is 6.60. The van der Waals surface area contributed by atoms with Crippen LogP contribution >= 0.6 is 0 Å². The summed E-state index contributed by atoms with van der Waals surface area (Å²) in [5.74, 6) is 0.475. The predicted octanol–water partition coefficient (Wildman–Crippen LogP) is 3.61. The highest BCUT2D eigenvalue weighted by Gasteiger charge is 2.17. The molecule has 5 nitrogen and oxygen atoms in total. The van der Waals surface area contributed by atoms with Crippen molar-refractivity contribution < 1.29 is 9.53 Å². The zero-order valence-electron chi connectivity index (χ0n) is 13.3. The van der Waals surface area contributed by atoms with Crippen LogP contribution in [0.5, 0.6) is 5.88 Å². The molecule has 5 heteroatoms. The minimum atomic E-state index is -0.207. The number of allylic oxidation sites excluding steroid dienone is 2. The number of hydrogen-bond donors (Lipinski definition) is 1. The summed E-state index contributed by atoms with van der Waals surface area (Å²) in [7, 11) is 1.54. The summed E-state index contributed by atoms with van der Waals surface area (Å²) in [6.45, 7) is 1.83. The Morgan fingerprint density at radius 3 is 2.83 bits per heavy atom. The van der Waals surface area contributed by atoms with E-state index in [9.17, 15) is 4.79 Å². The van der Waals surface area contributed by atoms with Crippen LogP contribution in [0.2, 0.25) is 0 Å². The van der Waals surface area contributed by atoms with Gasteiger partial charge in [0.25, 0.3) is 5.91 Å². The lowest BCUT2D eigenvalue weighted by Crippen LogP contribution is -2.16. The number of ether oxygens (including phenoxy) is 1. The highest BCUT2D eigenvalue weighted by atomic mass is 16.5. The molecule has 1 aromatic heterocycles. The molecule has 1 N–H and O–H groups in total. The molecule has 0 spiro atoms. The first-order chi connectivity index (χ1) is 11.2. The first kappa shape index (κ1) is 15.2. The van der Waals surface area contributed by atoms with Gasteiger partial charge in [-0.1, -0.05) is 24.3 Å². The Bertz CT molecular complexity index is 769. The number of aryl methyl sites for hydroxylation is 1. The fourth-order valence-electron chi connectivity index (χ4n) is 2.75. The highest BCUT2D eigenvalue weighted by Crippen LogP contribution is 2.30. The van der Waals surface area contributed by atoms with Gasteiger partial charge >= 0.3 is 0 Å². The topological polar surface area (TPSA) is 64.1 Å². The lowest BCUT2D eigenvalue weighted by molar-refractivity contribution is 0.102. The van der Waals surface area contributed by atoms with Gasteiger partial charge in [0.05, 0.1) is 7.11 Å². The Morgan fingerprint density at radius 2 is 2.09 bits per heavy atom. The van der Waals surface area contributed by atoms with Crippen molar-refractivity contribution in [2.24, 2.45) is 0 Å². The fraction of sp³-hybridized carbons (Fsp3) is 0.278. The number of nitrogens with one attached hydrogen (secondary N) is 1. The van der Waals surface area contributed by atoms with Crippen LogP contribution in [-0.4, -0.2) is 23.0 Å². The summed E-state index contributed by atoms with van der Waals surface area (Å²) in [6.07, 6.45) is 5.43. The summed E-state index contributed by atoms with van der Waals surface area (Å²) in [5, 5.41) is 2.77. The van der Waals surface area contributed by atoms with E-state index in [-0.39, 0.29) is 11.9 Å². The van der Waals surface area contributed by atoms with Crippen LogP contribution in [0.15, 0.2) is 36.4 Å². The Labute approximate surface area is 135 Å². The number of aromatic nitrogens is 2. The summed E-state index contributed by atoms with van der Waals surface area (Å²) in [6, 6.07) is 9.36. The van der Waals surface area contributed by atoms with E-state index in [2.05, 4.69) is 21.4 Å². The van der Waals surface area contributed by atoms with Crippen LogP contribution in [0.4, 0.5) is 5.95 Å². The average Bonchev–Trinajstić information content (AvgIpc) is 3.08. The standard InChI is InChI=1S/C18H19N3O2/c1-12-11-16(23-2)20-18(19-12)21-17(22)15-10-6-5-9-14(15)13-7-3-4-8-13/h5-7,9-11H,3-4,8H2,1-2H3,(H,19,20,21,22). The van der Waals surface area contributed by atoms with Gasteiger partial charge < -0.3 is 4.74 Å². The average molecular weight is 309 g/mol. The van der Waals surface area contributed by atoms with Crippen molar-refractivity contribution in [3.63, 3.8) is 0 Å². The minimum Gasteiger partial charge on any atom is -0.481 e. The quantitative estimate of drug-likeness (QED) is 0.937. The van der Waals surface area contributed by atoms with E-state index >= 15 is 0 Å². The molecule has 0 aliphatic heterocycles. The summed E-state index contributed by atoms with van der Waals surface area (Å²) in [5.41, 5.74) is 3.60. The molecule has 0 bridgehead atoms. The van der Waals surface area contributed by atoms with E-state index in [1.165, 1.54) is 12.7 Å². The molecule has 0 unspecified atom stereocenters. The molecule has 0 fully saturated rings. The monoisotopic (exact) mass is 309 g/mol. The predicted molar refractivity (Wildman–Crippen MR) is 89.5 cm³/mol. The largest absolute Gasteiger partial charge is 0.481 e. The highest BCUT2D eigenvalue weighted by molar-refractivity contribution is 6.06. The van der Waals surface area contributed by atoms with Crippen molar-refractivity contribution in [3.05, 3.63) is 53.2 Å². The number of benzene rings is 1. The van der Waals surface area contributed by atoms with Gasteiger partial charge in [-0.05, 0) is 43.4 Å². The number of anilines is 1. The normalized spacial score (nSPS) is 13.6. The molecule has 0 saturated heterocycles. The Morgan fingerprint density at radius 1 is 1.26 bits per heavy atom. The van der Waals surface area contributed by atoms with Crippen LogP contribution in [0.1, 0.15) is 40.9 Å². The van der Waals surface area contributed by atoms with Crippen LogP contribution in [0, 0.1) is 6.92 Å². The van der Waals surface area contributed by atoms with E-state index in [0.717, 1.165) is 30.5 Å². The van der Waals surface area contributed by atoms with Gasteiger partial charge in [-0.25, -0.2) is 4.98 Å². The third-order valence-electron chi connectivity index (χ3n) is 3.82. The van der Waals surface area contributed by atoms with E-state index in [0.29, 0.717) is 11.4 Å². The molecular formula is C18H19N3O2. The van der Waals surface area contributed by atoms with Crippen LogP contribution in [-0.2, 0) is 0 Å². The van der Waals surface area contributed by atoms with Crippen molar-refractivity contribution in [1.82, 2.24) is 9.97 Å². The molecule has 1 aromatic carbocycles. The maximum atomic E-state index is 12.6. The Kier molecular flexibility index (Phi) is 4.37. The van der Waals surface area contributed by atoms with Gasteiger partial charge in [-0.3, -0.25) is 10.1 Å². The summed E-state index contributed by atoms with van der Waals surface area (Å²) >= 11 is 0. The van der Waals surface area contributed by atoms with Crippen molar-refractivity contribution in [3.8, 4) is 5.88 Å². The second-order valence-electron chi connectivity index (χ2n) is 5.50. The van der Waals surface area contributed by atoms with Gasteiger partial charge in [-0.2, -0.15) is 4.98 Å². The van der Waals surface area contributed by atoms with E-state index in [1.807, 2.05) is 31.2 Å². The number of rotatable bonds is 4. The number of carbonyl (C=O) groups is 1.